The van der Waals surface area contributed by atoms with Crippen LogP contribution in [0.5, 0.6) is 0 Å². The number of Topliss-reactive ketones (excluding diaryl/α,β-unsaturated/α-hetero) is 1. The van der Waals surface area contributed by atoms with Crippen LogP contribution in [0, 0.1) is 5.41 Å². The van der Waals surface area contributed by atoms with Gasteiger partial charge in [0.1, 0.15) is 5.69 Å². The molecule has 1 aromatic rings. The van der Waals surface area contributed by atoms with E-state index >= 15 is 0 Å². The van der Waals surface area contributed by atoms with E-state index in [-0.39, 0.29) is 11.2 Å². The van der Waals surface area contributed by atoms with E-state index in [0.29, 0.717) is 18.7 Å². The molecule has 0 saturated heterocycles. The minimum Gasteiger partial charge on any atom is -0.330 e. The molecule has 94 valence electrons. The van der Waals surface area contributed by atoms with Crippen molar-refractivity contribution in [3.63, 3.8) is 0 Å². The van der Waals surface area contributed by atoms with Crippen molar-refractivity contribution in [1.29, 1.82) is 0 Å². The number of carbonyl (C=O) groups is 1. The Morgan fingerprint density at radius 3 is 2.71 bits per heavy atom. The monoisotopic (exact) mass is 235 g/mol. The van der Waals surface area contributed by atoms with E-state index in [1.165, 1.54) is 19.3 Å². The zero-order valence-electron chi connectivity index (χ0n) is 10.5. The average Bonchev–Trinajstić information content (AvgIpc) is 2.77. The summed E-state index contributed by atoms with van der Waals surface area (Å²) < 4.78 is 1.67. The molecule has 17 heavy (non-hydrogen) atoms. The van der Waals surface area contributed by atoms with Gasteiger partial charge in [-0.15, -0.1) is 0 Å². The van der Waals surface area contributed by atoms with Gasteiger partial charge in [0.25, 0.3) is 0 Å². The molecule has 1 saturated carbocycles. The molecule has 0 aliphatic heterocycles. The van der Waals surface area contributed by atoms with Crippen LogP contribution in [-0.2, 0) is 7.05 Å². The lowest BCUT2D eigenvalue weighted by Gasteiger charge is -2.35. The predicted octanol–water partition coefficient (Wildman–Crippen LogP) is 1.90. The molecule has 0 amide bonds. The molecule has 0 aromatic carbocycles. The SMILES string of the molecule is Cn1ccc(C(=O)CC2(CN)CCCCC2)n1. The highest BCUT2D eigenvalue weighted by atomic mass is 16.1. The van der Waals surface area contributed by atoms with Crippen LogP contribution in [0.4, 0.5) is 0 Å². The van der Waals surface area contributed by atoms with E-state index in [9.17, 15) is 4.79 Å². The number of aromatic nitrogens is 2. The molecule has 1 fully saturated rings. The van der Waals surface area contributed by atoms with Gasteiger partial charge in [-0.25, -0.2) is 0 Å². The van der Waals surface area contributed by atoms with Crippen molar-refractivity contribution in [2.24, 2.45) is 18.2 Å². The van der Waals surface area contributed by atoms with Crippen molar-refractivity contribution in [3.05, 3.63) is 18.0 Å². The third-order valence-corrected chi connectivity index (χ3v) is 3.88. The highest BCUT2D eigenvalue weighted by molar-refractivity contribution is 5.94. The smallest absolute Gasteiger partial charge is 0.183 e. The summed E-state index contributed by atoms with van der Waals surface area (Å²) in [5, 5.41) is 4.17. The Kier molecular flexibility index (Phi) is 3.62. The van der Waals surface area contributed by atoms with Gasteiger partial charge in [-0.3, -0.25) is 9.48 Å². The maximum atomic E-state index is 12.2. The number of carbonyl (C=O) groups excluding carboxylic acids is 1. The molecule has 4 nitrogen and oxygen atoms in total. The summed E-state index contributed by atoms with van der Waals surface area (Å²) in [5.41, 5.74) is 6.50. The zero-order valence-corrected chi connectivity index (χ0v) is 10.5. The maximum absolute atomic E-state index is 12.2. The minimum absolute atomic E-state index is 0.0346. The van der Waals surface area contributed by atoms with Crippen LogP contribution in [0.25, 0.3) is 0 Å². The van der Waals surface area contributed by atoms with Crippen LogP contribution < -0.4 is 5.73 Å². The van der Waals surface area contributed by atoms with Crippen LogP contribution in [0.3, 0.4) is 0 Å². The van der Waals surface area contributed by atoms with Crippen LogP contribution in [0.1, 0.15) is 49.0 Å². The molecular formula is C13H21N3O. The van der Waals surface area contributed by atoms with E-state index in [0.717, 1.165) is 12.8 Å². The summed E-state index contributed by atoms with van der Waals surface area (Å²) in [6.07, 6.45) is 8.22. The molecule has 0 atom stereocenters. The van der Waals surface area contributed by atoms with Crippen molar-refractivity contribution in [3.8, 4) is 0 Å². The number of ketones is 1. The highest BCUT2D eigenvalue weighted by Crippen LogP contribution is 2.39. The quantitative estimate of drug-likeness (QED) is 0.811. The molecule has 0 unspecified atom stereocenters. The maximum Gasteiger partial charge on any atom is 0.183 e. The number of nitrogens with zero attached hydrogens (tertiary/aromatic N) is 2. The number of hydrogen-bond acceptors (Lipinski definition) is 3. The molecule has 1 aliphatic rings. The third kappa shape index (κ3) is 2.75. The molecule has 1 aliphatic carbocycles. The van der Waals surface area contributed by atoms with Gasteiger partial charge in [0.15, 0.2) is 5.78 Å². The van der Waals surface area contributed by atoms with Gasteiger partial charge in [0.05, 0.1) is 0 Å². The second kappa shape index (κ2) is 5.00. The first-order valence-corrected chi connectivity index (χ1v) is 6.38. The van der Waals surface area contributed by atoms with Crippen molar-refractivity contribution in [2.75, 3.05) is 6.54 Å². The Balaban J connectivity index is 2.05. The van der Waals surface area contributed by atoms with E-state index in [2.05, 4.69) is 5.10 Å². The molecule has 1 heterocycles. The Morgan fingerprint density at radius 2 is 2.18 bits per heavy atom. The standard InChI is InChI=1S/C13H21N3O/c1-16-8-5-11(15-16)12(17)9-13(10-14)6-3-2-4-7-13/h5,8H,2-4,6-7,9-10,14H2,1H3. The van der Waals surface area contributed by atoms with Crippen molar-refractivity contribution < 1.29 is 4.79 Å². The van der Waals surface area contributed by atoms with Gasteiger partial charge in [-0.05, 0) is 30.9 Å². The fourth-order valence-corrected chi connectivity index (χ4v) is 2.75. The van der Waals surface area contributed by atoms with Gasteiger partial charge in [0.2, 0.25) is 0 Å². The van der Waals surface area contributed by atoms with Crippen LogP contribution in [0.2, 0.25) is 0 Å². The molecule has 2 N–H and O–H groups in total. The second-order valence-corrected chi connectivity index (χ2v) is 5.24. The van der Waals surface area contributed by atoms with Crippen LogP contribution >= 0.6 is 0 Å². The lowest BCUT2D eigenvalue weighted by Crippen LogP contribution is -2.35. The lowest BCUT2D eigenvalue weighted by molar-refractivity contribution is 0.0862. The number of hydrogen-bond donors (Lipinski definition) is 1. The van der Waals surface area contributed by atoms with E-state index in [1.54, 1.807) is 10.7 Å². The largest absolute Gasteiger partial charge is 0.330 e. The normalized spacial score (nSPS) is 19.2. The Morgan fingerprint density at radius 1 is 1.47 bits per heavy atom. The van der Waals surface area contributed by atoms with Crippen LogP contribution in [0.15, 0.2) is 12.3 Å². The first kappa shape index (κ1) is 12.3. The fraction of sp³-hybridized carbons (Fsp3) is 0.692. The highest BCUT2D eigenvalue weighted by Gasteiger charge is 2.33. The first-order chi connectivity index (χ1) is 8.15. The Labute approximate surface area is 102 Å². The van der Waals surface area contributed by atoms with Gasteiger partial charge in [-0.2, -0.15) is 5.10 Å². The summed E-state index contributed by atoms with van der Waals surface area (Å²) in [5.74, 6) is 0.137. The number of rotatable bonds is 4. The first-order valence-electron chi connectivity index (χ1n) is 6.38. The van der Waals surface area contributed by atoms with Crippen molar-refractivity contribution in [2.45, 2.75) is 38.5 Å². The van der Waals surface area contributed by atoms with E-state index in [4.69, 9.17) is 5.73 Å². The number of aryl methyl sites for hydroxylation is 1. The average molecular weight is 235 g/mol. The molecule has 0 radical (unpaired) electrons. The minimum atomic E-state index is 0.0346. The zero-order chi connectivity index (χ0) is 12.3. The molecule has 4 heteroatoms. The Bertz CT molecular complexity index is 391. The number of nitrogens with two attached hydrogens (primary N) is 1. The van der Waals surface area contributed by atoms with Gasteiger partial charge in [0, 0.05) is 19.7 Å². The second-order valence-electron chi connectivity index (χ2n) is 5.24. The summed E-state index contributed by atoms with van der Waals surface area (Å²) in [4.78, 5) is 12.2. The summed E-state index contributed by atoms with van der Waals surface area (Å²) >= 11 is 0. The molecule has 2 rings (SSSR count). The predicted molar refractivity (Wildman–Crippen MR) is 66.7 cm³/mol. The molecule has 0 bridgehead atoms. The Hall–Kier alpha value is -1.16. The van der Waals surface area contributed by atoms with Gasteiger partial charge >= 0.3 is 0 Å². The third-order valence-electron chi connectivity index (χ3n) is 3.88. The summed E-state index contributed by atoms with van der Waals surface area (Å²) in [7, 11) is 1.83. The van der Waals surface area contributed by atoms with E-state index in [1.807, 2.05) is 13.2 Å². The van der Waals surface area contributed by atoms with Gasteiger partial charge < -0.3 is 5.73 Å². The fourth-order valence-electron chi connectivity index (χ4n) is 2.75. The van der Waals surface area contributed by atoms with E-state index < -0.39 is 0 Å². The van der Waals surface area contributed by atoms with Crippen LogP contribution in [-0.4, -0.2) is 22.1 Å². The lowest BCUT2D eigenvalue weighted by atomic mass is 9.71. The summed E-state index contributed by atoms with van der Waals surface area (Å²) in [6.45, 7) is 0.617. The molecule has 0 spiro atoms. The molecular weight excluding hydrogens is 214 g/mol. The van der Waals surface area contributed by atoms with Gasteiger partial charge in [-0.1, -0.05) is 19.3 Å². The van der Waals surface area contributed by atoms with Crippen molar-refractivity contribution >= 4 is 5.78 Å². The van der Waals surface area contributed by atoms with Crippen molar-refractivity contribution in [1.82, 2.24) is 9.78 Å². The topological polar surface area (TPSA) is 60.9 Å². The summed E-state index contributed by atoms with van der Waals surface area (Å²) in [6, 6.07) is 1.79. The molecule has 1 aromatic heterocycles.